The molecule has 0 radical (unpaired) electrons. The van der Waals surface area contributed by atoms with Crippen molar-refractivity contribution < 1.29 is 9.53 Å². The average molecular weight is 184 g/mol. The number of carbonyl (C=O) groups excluding carboxylic acids is 1. The van der Waals surface area contributed by atoms with Crippen LogP contribution in [-0.2, 0) is 9.53 Å². The molecule has 0 aliphatic carbocycles. The van der Waals surface area contributed by atoms with E-state index < -0.39 is 6.10 Å². The third-order valence-electron chi connectivity index (χ3n) is 1.85. The number of carbonyl (C=O) groups is 1. The Bertz CT molecular complexity index is 210. The molecule has 0 saturated carbocycles. The van der Waals surface area contributed by atoms with Crippen molar-refractivity contribution in [2.45, 2.75) is 20.0 Å². The molecule has 0 fully saturated rings. The first kappa shape index (κ1) is 11.9. The van der Waals surface area contributed by atoms with Gasteiger partial charge in [0.25, 0.3) is 5.91 Å². The normalized spacial score (nSPS) is 14.4. The monoisotopic (exact) mass is 184 g/mol. The van der Waals surface area contributed by atoms with Gasteiger partial charge in [-0.1, -0.05) is 0 Å². The molecule has 2 atom stereocenters. The molecule has 1 amide bonds. The third kappa shape index (κ3) is 3.90. The molecule has 0 aromatic rings. The molecule has 0 heterocycles. The highest BCUT2D eigenvalue weighted by atomic mass is 16.5. The lowest BCUT2D eigenvalue weighted by atomic mass is 10.2. The quantitative estimate of drug-likeness (QED) is 0.644. The van der Waals surface area contributed by atoms with E-state index in [9.17, 15) is 4.79 Å². The second-order valence-electron chi connectivity index (χ2n) is 3.13. The molecule has 4 nitrogen and oxygen atoms in total. The number of nitriles is 1. The molecule has 0 rings (SSSR count). The molecular weight excluding hydrogens is 168 g/mol. The van der Waals surface area contributed by atoms with Crippen LogP contribution >= 0.6 is 0 Å². The third-order valence-corrected chi connectivity index (χ3v) is 1.85. The van der Waals surface area contributed by atoms with Gasteiger partial charge in [-0.15, -0.1) is 0 Å². The van der Waals surface area contributed by atoms with Crippen LogP contribution in [0.2, 0.25) is 0 Å². The Morgan fingerprint density at radius 2 is 2.15 bits per heavy atom. The zero-order valence-corrected chi connectivity index (χ0v) is 8.57. The molecule has 13 heavy (non-hydrogen) atoms. The molecule has 0 saturated heterocycles. The lowest BCUT2D eigenvalue weighted by Gasteiger charge is -2.21. The van der Waals surface area contributed by atoms with Gasteiger partial charge in [-0.25, -0.2) is 0 Å². The fraction of sp³-hybridized carbons (Fsp3) is 0.778. The van der Waals surface area contributed by atoms with Gasteiger partial charge in [0.05, 0.1) is 12.0 Å². The van der Waals surface area contributed by atoms with Gasteiger partial charge >= 0.3 is 0 Å². The molecule has 2 unspecified atom stereocenters. The van der Waals surface area contributed by atoms with E-state index in [1.54, 1.807) is 20.9 Å². The maximum absolute atomic E-state index is 11.4. The summed E-state index contributed by atoms with van der Waals surface area (Å²) in [7, 11) is 3.16. The first-order valence-corrected chi connectivity index (χ1v) is 4.20. The molecule has 0 bridgehead atoms. The van der Waals surface area contributed by atoms with E-state index in [1.165, 1.54) is 12.0 Å². The Labute approximate surface area is 79.1 Å². The minimum atomic E-state index is -0.434. The summed E-state index contributed by atoms with van der Waals surface area (Å²) >= 11 is 0. The number of methoxy groups -OCH3 is 1. The van der Waals surface area contributed by atoms with E-state index >= 15 is 0 Å². The van der Waals surface area contributed by atoms with Gasteiger partial charge < -0.3 is 9.64 Å². The molecule has 0 aromatic carbocycles. The summed E-state index contributed by atoms with van der Waals surface area (Å²) in [6, 6.07) is 2.07. The molecule has 4 heteroatoms. The average Bonchev–Trinajstić information content (AvgIpc) is 2.14. The number of hydrogen-bond donors (Lipinski definition) is 0. The largest absolute Gasteiger partial charge is 0.372 e. The van der Waals surface area contributed by atoms with Crippen LogP contribution in [0.15, 0.2) is 0 Å². The molecule has 0 aliphatic heterocycles. The summed E-state index contributed by atoms with van der Waals surface area (Å²) in [5.41, 5.74) is 0. The van der Waals surface area contributed by atoms with Crippen molar-refractivity contribution in [2.75, 3.05) is 20.7 Å². The van der Waals surface area contributed by atoms with Crippen LogP contribution in [0.4, 0.5) is 0 Å². The second-order valence-corrected chi connectivity index (χ2v) is 3.13. The zero-order chi connectivity index (χ0) is 10.4. The fourth-order valence-corrected chi connectivity index (χ4v) is 0.953. The van der Waals surface area contributed by atoms with Crippen molar-refractivity contribution in [1.82, 2.24) is 4.90 Å². The molecule has 0 aliphatic rings. The van der Waals surface area contributed by atoms with Crippen LogP contribution < -0.4 is 0 Å². The van der Waals surface area contributed by atoms with Crippen molar-refractivity contribution in [1.29, 1.82) is 5.26 Å². The highest BCUT2D eigenvalue weighted by Gasteiger charge is 2.17. The van der Waals surface area contributed by atoms with Gasteiger partial charge in [-0.2, -0.15) is 5.26 Å². The molecule has 0 aromatic heterocycles. The first-order chi connectivity index (χ1) is 6.02. The molecule has 0 N–H and O–H groups in total. The Hall–Kier alpha value is -1.08. The number of likely N-dealkylation sites (N-methyl/N-ethyl adjacent to an activating group) is 1. The van der Waals surface area contributed by atoms with E-state index in [2.05, 4.69) is 6.07 Å². The smallest absolute Gasteiger partial charge is 0.251 e. The van der Waals surface area contributed by atoms with E-state index in [1.807, 2.05) is 0 Å². The van der Waals surface area contributed by atoms with Crippen LogP contribution in [0.3, 0.4) is 0 Å². The number of hydrogen-bond acceptors (Lipinski definition) is 3. The first-order valence-electron chi connectivity index (χ1n) is 4.20. The number of nitrogens with zero attached hydrogens (tertiary/aromatic N) is 2. The van der Waals surface area contributed by atoms with Gasteiger partial charge in [0.15, 0.2) is 0 Å². The van der Waals surface area contributed by atoms with E-state index in [0.29, 0.717) is 6.54 Å². The molecular formula is C9H16N2O2. The van der Waals surface area contributed by atoms with Gasteiger partial charge in [-0.3, -0.25) is 4.79 Å². The summed E-state index contributed by atoms with van der Waals surface area (Å²) in [6.07, 6.45) is -0.434. The van der Waals surface area contributed by atoms with Crippen molar-refractivity contribution >= 4 is 5.91 Å². The van der Waals surface area contributed by atoms with Gasteiger partial charge in [0.2, 0.25) is 0 Å². The van der Waals surface area contributed by atoms with Crippen LogP contribution in [0, 0.1) is 17.2 Å². The fourth-order valence-electron chi connectivity index (χ4n) is 0.953. The van der Waals surface area contributed by atoms with Crippen LogP contribution in [-0.4, -0.2) is 37.6 Å². The SMILES string of the molecule is COC(C)C(=O)N(C)CC(C)C#N. The van der Waals surface area contributed by atoms with Crippen molar-refractivity contribution in [3.05, 3.63) is 0 Å². The van der Waals surface area contributed by atoms with Crippen molar-refractivity contribution in [3.63, 3.8) is 0 Å². The maximum Gasteiger partial charge on any atom is 0.251 e. The van der Waals surface area contributed by atoms with Gasteiger partial charge in [0.1, 0.15) is 6.10 Å². The Morgan fingerprint density at radius 1 is 1.62 bits per heavy atom. The summed E-state index contributed by atoms with van der Waals surface area (Å²) in [5, 5.41) is 8.54. The number of rotatable bonds is 4. The summed E-state index contributed by atoms with van der Waals surface area (Å²) in [4.78, 5) is 12.9. The van der Waals surface area contributed by atoms with Crippen LogP contribution in [0.1, 0.15) is 13.8 Å². The second kappa shape index (κ2) is 5.55. The standard InChI is InChI=1S/C9H16N2O2/c1-7(5-10)6-11(3)9(12)8(2)13-4/h7-8H,6H2,1-4H3. The van der Waals surface area contributed by atoms with Gasteiger partial charge in [-0.05, 0) is 13.8 Å². The molecule has 0 spiro atoms. The summed E-state index contributed by atoms with van der Waals surface area (Å²) in [5.74, 6) is -0.234. The predicted molar refractivity (Wildman–Crippen MR) is 48.9 cm³/mol. The van der Waals surface area contributed by atoms with Crippen molar-refractivity contribution in [2.24, 2.45) is 5.92 Å². The van der Waals surface area contributed by atoms with Crippen molar-refractivity contribution in [3.8, 4) is 6.07 Å². The highest BCUT2D eigenvalue weighted by Crippen LogP contribution is 2.00. The summed E-state index contributed by atoms with van der Waals surface area (Å²) < 4.78 is 4.87. The van der Waals surface area contributed by atoms with E-state index in [-0.39, 0.29) is 11.8 Å². The van der Waals surface area contributed by atoms with E-state index in [0.717, 1.165) is 0 Å². The lowest BCUT2D eigenvalue weighted by molar-refractivity contribution is -0.139. The predicted octanol–water partition coefficient (Wildman–Crippen LogP) is 0.639. The van der Waals surface area contributed by atoms with Gasteiger partial charge in [0, 0.05) is 20.7 Å². The number of amides is 1. The zero-order valence-electron chi connectivity index (χ0n) is 8.57. The topological polar surface area (TPSA) is 53.3 Å². The summed E-state index contributed by atoms with van der Waals surface area (Å²) in [6.45, 7) is 3.92. The number of ether oxygens (including phenoxy) is 1. The Kier molecular flexibility index (Phi) is 5.09. The Morgan fingerprint density at radius 3 is 2.54 bits per heavy atom. The Balaban J connectivity index is 4.05. The van der Waals surface area contributed by atoms with Crippen LogP contribution in [0.25, 0.3) is 0 Å². The van der Waals surface area contributed by atoms with E-state index in [4.69, 9.17) is 10.00 Å². The van der Waals surface area contributed by atoms with Crippen LogP contribution in [0.5, 0.6) is 0 Å². The minimum Gasteiger partial charge on any atom is -0.372 e. The maximum atomic E-state index is 11.4. The lowest BCUT2D eigenvalue weighted by Crippen LogP contribution is -2.38. The highest BCUT2D eigenvalue weighted by molar-refractivity contribution is 5.80. The molecule has 74 valence electrons. The minimum absolute atomic E-state index is 0.0930.